The van der Waals surface area contributed by atoms with E-state index in [4.69, 9.17) is 4.74 Å². The van der Waals surface area contributed by atoms with E-state index >= 15 is 0 Å². The van der Waals surface area contributed by atoms with Crippen LogP contribution in [0.15, 0.2) is 30.6 Å². The Balaban J connectivity index is 2.58. The molecule has 2 rings (SSSR count). The lowest BCUT2D eigenvalue weighted by molar-refractivity contribution is -0.385. The minimum absolute atomic E-state index is 0.0234. The minimum Gasteiger partial charge on any atom is -0.487 e. The Labute approximate surface area is 117 Å². The van der Waals surface area contributed by atoms with E-state index in [1.165, 1.54) is 0 Å². The molecule has 6 heteroatoms. The van der Waals surface area contributed by atoms with E-state index < -0.39 is 4.92 Å². The molecule has 0 saturated carbocycles. The summed E-state index contributed by atoms with van der Waals surface area (Å²) in [6.07, 6.45) is 5.09. The number of aryl methyl sites for hydroxylation is 1. The Bertz CT molecular complexity index is 607. The van der Waals surface area contributed by atoms with Crippen molar-refractivity contribution in [2.24, 2.45) is 0 Å². The van der Waals surface area contributed by atoms with Crippen molar-refractivity contribution >= 4 is 5.69 Å². The van der Waals surface area contributed by atoms with Crippen LogP contribution in [0.5, 0.6) is 5.75 Å². The Kier molecular flexibility index (Phi) is 4.34. The highest BCUT2D eigenvalue weighted by Crippen LogP contribution is 2.34. The minimum atomic E-state index is -0.407. The fourth-order valence-electron chi connectivity index (χ4n) is 2.12. The van der Waals surface area contributed by atoms with Gasteiger partial charge in [0.05, 0.1) is 11.5 Å². The summed E-state index contributed by atoms with van der Waals surface area (Å²) < 4.78 is 7.12. The van der Waals surface area contributed by atoms with Gasteiger partial charge in [0, 0.05) is 18.8 Å². The number of hydrogen-bond acceptors (Lipinski definition) is 4. The molecule has 106 valence electrons. The molecule has 0 unspecified atom stereocenters. The topological polar surface area (TPSA) is 70.2 Å². The first-order valence-electron chi connectivity index (χ1n) is 6.61. The molecule has 0 radical (unpaired) electrons. The zero-order valence-corrected chi connectivity index (χ0v) is 11.6. The molecule has 0 aliphatic carbocycles. The van der Waals surface area contributed by atoms with E-state index in [1.807, 2.05) is 6.92 Å². The smallest absolute Gasteiger partial charge is 0.334 e. The van der Waals surface area contributed by atoms with Crippen molar-refractivity contribution < 1.29 is 9.66 Å². The summed E-state index contributed by atoms with van der Waals surface area (Å²) in [5.74, 6) is 1.09. The largest absolute Gasteiger partial charge is 0.487 e. The van der Waals surface area contributed by atoms with Gasteiger partial charge in [0.2, 0.25) is 0 Å². The number of rotatable bonds is 6. The van der Waals surface area contributed by atoms with Crippen LogP contribution in [0, 0.1) is 10.1 Å². The number of ether oxygens (including phenoxy) is 1. The van der Waals surface area contributed by atoms with Crippen molar-refractivity contribution in [3.8, 4) is 11.4 Å². The molecule has 0 saturated heterocycles. The van der Waals surface area contributed by atoms with E-state index in [0.717, 1.165) is 18.7 Å². The number of imidazole rings is 1. The first-order chi connectivity index (χ1) is 9.69. The summed E-state index contributed by atoms with van der Waals surface area (Å²) in [6, 6.07) is 5.08. The van der Waals surface area contributed by atoms with Crippen LogP contribution in [-0.2, 0) is 6.42 Å². The lowest BCUT2D eigenvalue weighted by atomic mass is 10.2. The van der Waals surface area contributed by atoms with Crippen LogP contribution < -0.4 is 4.74 Å². The normalized spacial score (nSPS) is 10.5. The third-order valence-corrected chi connectivity index (χ3v) is 2.91. The average molecular weight is 275 g/mol. The average Bonchev–Trinajstić information content (AvgIpc) is 2.87. The fourth-order valence-corrected chi connectivity index (χ4v) is 2.12. The number of nitrogens with zero attached hydrogens (tertiary/aromatic N) is 3. The fraction of sp³-hybridized carbons (Fsp3) is 0.357. The summed E-state index contributed by atoms with van der Waals surface area (Å²) in [5, 5.41) is 11.4. The van der Waals surface area contributed by atoms with Crippen LogP contribution in [0.25, 0.3) is 5.69 Å². The Hall–Kier alpha value is -2.37. The first-order valence-corrected chi connectivity index (χ1v) is 6.61. The second kappa shape index (κ2) is 6.18. The predicted molar refractivity (Wildman–Crippen MR) is 75.4 cm³/mol. The summed E-state index contributed by atoms with van der Waals surface area (Å²) in [7, 11) is 0. The summed E-state index contributed by atoms with van der Waals surface area (Å²) in [4.78, 5) is 15.2. The van der Waals surface area contributed by atoms with Gasteiger partial charge in [-0.1, -0.05) is 13.0 Å². The molecule has 6 nitrogen and oxygen atoms in total. The SMILES string of the molecule is CCCc1nccn1-c1cccc(OCC)c1[N+](=O)[O-]. The molecular weight excluding hydrogens is 258 g/mol. The third-order valence-electron chi connectivity index (χ3n) is 2.91. The van der Waals surface area contributed by atoms with Crippen molar-refractivity contribution in [1.82, 2.24) is 9.55 Å². The van der Waals surface area contributed by atoms with Gasteiger partial charge in [-0.2, -0.15) is 0 Å². The molecular formula is C14H17N3O3. The maximum absolute atomic E-state index is 11.4. The summed E-state index contributed by atoms with van der Waals surface area (Å²) >= 11 is 0. The number of para-hydroxylation sites is 1. The lowest BCUT2D eigenvalue weighted by Gasteiger charge is -2.11. The zero-order valence-electron chi connectivity index (χ0n) is 11.6. The highest BCUT2D eigenvalue weighted by Gasteiger charge is 2.23. The maximum atomic E-state index is 11.4. The Morgan fingerprint density at radius 2 is 2.20 bits per heavy atom. The molecule has 0 aliphatic rings. The van der Waals surface area contributed by atoms with Gasteiger partial charge in [-0.25, -0.2) is 4.98 Å². The Morgan fingerprint density at radius 3 is 2.85 bits per heavy atom. The van der Waals surface area contributed by atoms with Crippen molar-refractivity contribution in [3.05, 3.63) is 46.5 Å². The van der Waals surface area contributed by atoms with Crippen LogP contribution in [-0.4, -0.2) is 21.1 Å². The molecule has 0 fully saturated rings. The molecule has 0 bridgehead atoms. The first kappa shape index (κ1) is 14.0. The third kappa shape index (κ3) is 2.64. The van der Waals surface area contributed by atoms with Gasteiger partial charge in [0.25, 0.3) is 0 Å². The van der Waals surface area contributed by atoms with Crippen LogP contribution >= 0.6 is 0 Å². The van der Waals surface area contributed by atoms with Gasteiger partial charge in [-0.3, -0.25) is 14.7 Å². The van der Waals surface area contributed by atoms with Gasteiger partial charge < -0.3 is 4.74 Å². The molecule has 2 aromatic rings. The Morgan fingerprint density at radius 1 is 1.40 bits per heavy atom. The molecule has 0 atom stereocenters. The van der Waals surface area contributed by atoms with Crippen LogP contribution in [0.1, 0.15) is 26.1 Å². The van der Waals surface area contributed by atoms with Gasteiger partial charge in [-0.05, 0) is 25.5 Å². The number of hydrogen-bond donors (Lipinski definition) is 0. The summed E-state index contributed by atoms with van der Waals surface area (Å²) in [6.45, 7) is 4.23. The second-order valence-electron chi connectivity index (χ2n) is 4.28. The molecule has 0 amide bonds. The monoisotopic (exact) mass is 275 g/mol. The molecule has 1 heterocycles. The molecule has 1 aromatic heterocycles. The van der Waals surface area contributed by atoms with E-state index in [-0.39, 0.29) is 11.4 Å². The standard InChI is InChI=1S/C14H17N3O3/c1-3-6-13-15-9-10-16(13)11-7-5-8-12(20-4-2)14(11)17(18)19/h5,7-10H,3-4,6H2,1-2H3. The van der Waals surface area contributed by atoms with Crippen LogP contribution in [0.4, 0.5) is 5.69 Å². The molecule has 20 heavy (non-hydrogen) atoms. The predicted octanol–water partition coefficient (Wildman–Crippen LogP) is 3.13. The van der Waals surface area contributed by atoms with Crippen molar-refractivity contribution in [3.63, 3.8) is 0 Å². The highest BCUT2D eigenvalue weighted by atomic mass is 16.6. The highest BCUT2D eigenvalue weighted by molar-refractivity contribution is 5.61. The molecule has 1 aromatic carbocycles. The number of nitro groups is 1. The molecule has 0 N–H and O–H groups in total. The summed E-state index contributed by atoms with van der Waals surface area (Å²) in [5.41, 5.74) is 0.464. The van der Waals surface area contributed by atoms with E-state index in [2.05, 4.69) is 4.98 Å². The zero-order chi connectivity index (χ0) is 14.5. The number of benzene rings is 1. The van der Waals surface area contributed by atoms with E-state index in [0.29, 0.717) is 12.3 Å². The number of nitro benzene ring substituents is 1. The quantitative estimate of drug-likeness (QED) is 0.600. The van der Waals surface area contributed by atoms with Crippen molar-refractivity contribution in [2.45, 2.75) is 26.7 Å². The van der Waals surface area contributed by atoms with Gasteiger partial charge in [-0.15, -0.1) is 0 Å². The lowest BCUT2D eigenvalue weighted by Crippen LogP contribution is -2.06. The van der Waals surface area contributed by atoms with E-state index in [1.54, 1.807) is 42.1 Å². The van der Waals surface area contributed by atoms with Gasteiger partial charge in [0.15, 0.2) is 5.75 Å². The van der Waals surface area contributed by atoms with Gasteiger partial charge >= 0.3 is 5.69 Å². The van der Waals surface area contributed by atoms with Gasteiger partial charge in [0.1, 0.15) is 11.5 Å². The maximum Gasteiger partial charge on any atom is 0.334 e. The van der Waals surface area contributed by atoms with Crippen molar-refractivity contribution in [1.29, 1.82) is 0 Å². The van der Waals surface area contributed by atoms with E-state index in [9.17, 15) is 10.1 Å². The molecule has 0 spiro atoms. The van der Waals surface area contributed by atoms with Crippen LogP contribution in [0.3, 0.4) is 0 Å². The molecule has 0 aliphatic heterocycles. The van der Waals surface area contributed by atoms with Crippen molar-refractivity contribution in [2.75, 3.05) is 6.61 Å². The van der Waals surface area contributed by atoms with Crippen LogP contribution in [0.2, 0.25) is 0 Å². The number of aromatic nitrogens is 2. The second-order valence-corrected chi connectivity index (χ2v) is 4.28.